The van der Waals surface area contributed by atoms with Crippen molar-refractivity contribution >= 4 is 50.7 Å². The van der Waals surface area contributed by atoms with E-state index in [9.17, 15) is 31.2 Å². The molecule has 0 aliphatic heterocycles. The number of nitrogens with one attached hydrogen (secondary N) is 1. The van der Waals surface area contributed by atoms with Gasteiger partial charge in [-0.3, -0.25) is 13.9 Å². The fourth-order valence-corrected chi connectivity index (χ4v) is 6.86. The van der Waals surface area contributed by atoms with Crippen LogP contribution in [0.4, 0.5) is 18.9 Å². The number of hydrogen-bond donors (Lipinski definition) is 1. The second kappa shape index (κ2) is 15.9. The Morgan fingerprint density at radius 3 is 2.00 bits per heavy atom. The number of nitrogens with zero attached hydrogens (tertiary/aromatic N) is 2. The van der Waals surface area contributed by atoms with Crippen LogP contribution < -0.4 is 9.62 Å². The molecule has 1 atom stereocenters. The molecule has 254 valence electrons. The highest BCUT2D eigenvalue weighted by Gasteiger charge is 2.37. The zero-order chi connectivity index (χ0) is 35.1. The molecule has 0 saturated heterocycles. The van der Waals surface area contributed by atoms with E-state index in [1.165, 1.54) is 35.2 Å². The first-order valence-corrected chi connectivity index (χ1v) is 17.2. The van der Waals surface area contributed by atoms with E-state index in [1.54, 1.807) is 54.6 Å². The molecular weight excluding hydrogens is 686 g/mol. The maximum atomic E-state index is 14.5. The van der Waals surface area contributed by atoms with Gasteiger partial charge in [-0.2, -0.15) is 13.2 Å². The fourth-order valence-electron chi connectivity index (χ4n) is 4.92. The van der Waals surface area contributed by atoms with Crippen molar-refractivity contribution in [3.63, 3.8) is 0 Å². The predicted molar refractivity (Wildman–Crippen MR) is 181 cm³/mol. The van der Waals surface area contributed by atoms with Gasteiger partial charge < -0.3 is 10.2 Å². The first-order valence-electron chi connectivity index (χ1n) is 15.0. The average molecular weight is 721 g/mol. The average Bonchev–Trinajstić information content (AvgIpc) is 3.05. The minimum Gasteiger partial charge on any atom is -0.354 e. The fraction of sp³-hybridized carbons (Fsp3) is 0.257. The maximum Gasteiger partial charge on any atom is 0.416 e. The maximum absolute atomic E-state index is 14.5. The number of benzene rings is 4. The summed E-state index contributed by atoms with van der Waals surface area (Å²) in [6.45, 7) is 2.85. The number of anilines is 1. The summed E-state index contributed by atoms with van der Waals surface area (Å²) in [6.07, 6.45) is -4.75. The van der Waals surface area contributed by atoms with Crippen molar-refractivity contribution in [2.24, 2.45) is 5.92 Å². The first kappa shape index (κ1) is 36.8. The van der Waals surface area contributed by atoms with Gasteiger partial charge >= 0.3 is 6.18 Å². The molecule has 0 saturated carbocycles. The second-order valence-electron chi connectivity index (χ2n) is 11.4. The van der Waals surface area contributed by atoms with Crippen LogP contribution in [0.25, 0.3) is 0 Å². The van der Waals surface area contributed by atoms with Crippen molar-refractivity contribution in [1.82, 2.24) is 10.2 Å². The van der Waals surface area contributed by atoms with Crippen molar-refractivity contribution < 1.29 is 31.2 Å². The number of alkyl halides is 3. The lowest BCUT2D eigenvalue weighted by Crippen LogP contribution is -2.53. The Morgan fingerprint density at radius 1 is 0.833 bits per heavy atom. The van der Waals surface area contributed by atoms with Gasteiger partial charge in [0.1, 0.15) is 12.6 Å². The van der Waals surface area contributed by atoms with Crippen LogP contribution in [0.1, 0.15) is 30.5 Å². The molecule has 13 heteroatoms. The Labute approximate surface area is 288 Å². The third-order valence-corrected chi connectivity index (χ3v) is 9.91. The molecule has 0 heterocycles. The van der Waals surface area contributed by atoms with Gasteiger partial charge in [-0.05, 0) is 53.9 Å². The van der Waals surface area contributed by atoms with E-state index < -0.39 is 46.2 Å². The van der Waals surface area contributed by atoms with Crippen molar-refractivity contribution in [3.8, 4) is 0 Å². The molecule has 0 aliphatic rings. The molecule has 0 aliphatic carbocycles. The molecule has 2 amide bonds. The zero-order valence-electron chi connectivity index (χ0n) is 26.1. The van der Waals surface area contributed by atoms with E-state index >= 15 is 0 Å². The smallest absolute Gasteiger partial charge is 0.354 e. The van der Waals surface area contributed by atoms with E-state index in [0.717, 1.165) is 12.1 Å². The third-order valence-electron chi connectivity index (χ3n) is 7.42. The first-order chi connectivity index (χ1) is 22.7. The highest BCUT2D eigenvalue weighted by Crippen LogP contribution is 2.34. The van der Waals surface area contributed by atoms with Gasteiger partial charge in [0.25, 0.3) is 10.0 Å². The molecule has 48 heavy (non-hydrogen) atoms. The van der Waals surface area contributed by atoms with Crippen LogP contribution in [0.15, 0.2) is 108 Å². The molecule has 1 N–H and O–H groups in total. The van der Waals surface area contributed by atoms with E-state index in [4.69, 9.17) is 23.2 Å². The summed E-state index contributed by atoms with van der Waals surface area (Å²) in [6, 6.07) is 23.2. The monoisotopic (exact) mass is 719 g/mol. The van der Waals surface area contributed by atoms with Crippen LogP contribution in [-0.2, 0) is 38.8 Å². The van der Waals surface area contributed by atoms with Crippen molar-refractivity contribution in [3.05, 3.63) is 130 Å². The normalized spacial score (nSPS) is 12.4. The number of sulfonamides is 1. The van der Waals surface area contributed by atoms with Crippen LogP contribution >= 0.6 is 23.2 Å². The minimum absolute atomic E-state index is 0.0353. The number of carbonyl (C=O) groups is 2. The van der Waals surface area contributed by atoms with Gasteiger partial charge in [0, 0.05) is 35.1 Å². The van der Waals surface area contributed by atoms with Gasteiger partial charge in [-0.1, -0.05) is 97.7 Å². The summed E-state index contributed by atoms with van der Waals surface area (Å²) >= 11 is 13.0. The number of carbonyl (C=O) groups excluding carboxylic acids is 2. The van der Waals surface area contributed by atoms with Crippen LogP contribution in [0.5, 0.6) is 0 Å². The summed E-state index contributed by atoms with van der Waals surface area (Å²) in [4.78, 5) is 29.3. The minimum atomic E-state index is -4.79. The Morgan fingerprint density at radius 2 is 1.42 bits per heavy atom. The Kier molecular flexibility index (Phi) is 12.2. The van der Waals surface area contributed by atoms with Crippen LogP contribution in [0.2, 0.25) is 10.0 Å². The summed E-state index contributed by atoms with van der Waals surface area (Å²) in [5.74, 6) is -1.31. The predicted octanol–water partition coefficient (Wildman–Crippen LogP) is 7.62. The Balaban J connectivity index is 1.86. The number of amides is 2. The van der Waals surface area contributed by atoms with Crippen LogP contribution in [0, 0.1) is 5.92 Å². The summed E-state index contributed by atoms with van der Waals surface area (Å²) in [7, 11) is -4.59. The summed E-state index contributed by atoms with van der Waals surface area (Å²) in [5, 5.41) is 3.27. The quantitative estimate of drug-likeness (QED) is 0.154. The van der Waals surface area contributed by atoms with E-state index in [-0.39, 0.29) is 46.1 Å². The van der Waals surface area contributed by atoms with Gasteiger partial charge in [-0.15, -0.1) is 0 Å². The molecule has 0 bridgehead atoms. The number of rotatable bonds is 13. The van der Waals surface area contributed by atoms with E-state index in [0.29, 0.717) is 21.5 Å². The van der Waals surface area contributed by atoms with Crippen molar-refractivity contribution in [1.29, 1.82) is 0 Å². The standard InChI is InChI=1S/C35H34Cl2F3N3O4S/c1-24(2)21-41-34(45)32(19-25-11-5-3-6-12-25)42(22-29-30(36)17-10-18-31(29)37)33(44)23-43(48(46,47)28-15-7-4-8-16-28)27-14-9-13-26(20-27)35(38,39)40/h3-18,20,24,32H,19,21-23H2,1-2H3,(H,41,45)/t32-/m0/s1. The number of hydrogen-bond acceptors (Lipinski definition) is 4. The molecule has 0 aromatic heterocycles. The lowest BCUT2D eigenvalue weighted by Gasteiger charge is -2.34. The third kappa shape index (κ3) is 9.30. The van der Waals surface area contributed by atoms with Crippen molar-refractivity contribution in [2.75, 3.05) is 17.4 Å². The largest absolute Gasteiger partial charge is 0.416 e. The molecule has 4 rings (SSSR count). The molecule has 0 spiro atoms. The second-order valence-corrected chi connectivity index (χ2v) is 14.1. The van der Waals surface area contributed by atoms with Crippen LogP contribution in [0.3, 0.4) is 0 Å². The topological polar surface area (TPSA) is 86.8 Å². The molecule has 4 aromatic carbocycles. The van der Waals surface area contributed by atoms with Crippen LogP contribution in [-0.4, -0.2) is 44.3 Å². The van der Waals surface area contributed by atoms with Gasteiger partial charge in [0.15, 0.2) is 0 Å². The SMILES string of the molecule is CC(C)CNC(=O)[C@H](Cc1ccccc1)N(Cc1c(Cl)cccc1Cl)C(=O)CN(c1cccc(C(F)(F)F)c1)S(=O)(=O)c1ccccc1. The van der Waals surface area contributed by atoms with Gasteiger partial charge in [0.2, 0.25) is 11.8 Å². The zero-order valence-corrected chi connectivity index (χ0v) is 28.5. The molecule has 0 unspecified atom stereocenters. The highest BCUT2D eigenvalue weighted by molar-refractivity contribution is 7.92. The summed E-state index contributed by atoms with van der Waals surface area (Å²) < 4.78 is 70.0. The molecule has 7 nitrogen and oxygen atoms in total. The highest BCUT2D eigenvalue weighted by atomic mass is 35.5. The molecular formula is C35H34Cl2F3N3O4S. The van der Waals surface area contributed by atoms with Gasteiger partial charge in [0.05, 0.1) is 16.1 Å². The van der Waals surface area contributed by atoms with Gasteiger partial charge in [-0.25, -0.2) is 8.42 Å². The van der Waals surface area contributed by atoms with E-state index in [1.807, 2.05) is 13.8 Å². The Bertz CT molecular complexity index is 1810. The number of halogens is 5. The van der Waals surface area contributed by atoms with E-state index in [2.05, 4.69) is 5.32 Å². The van der Waals surface area contributed by atoms with Crippen molar-refractivity contribution in [2.45, 2.75) is 43.9 Å². The molecule has 4 aromatic rings. The lowest BCUT2D eigenvalue weighted by molar-refractivity contribution is -0.140. The lowest BCUT2D eigenvalue weighted by atomic mass is 10.0. The molecule has 0 radical (unpaired) electrons. The Hall–Kier alpha value is -4.06. The molecule has 0 fully saturated rings. The summed E-state index contributed by atoms with van der Waals surface area (Å²) in [5.41, 5.74) is -0.477.